The molecule has 1 aromatic carbocycles. The van der Waals surface area contributed by atoms with Crippen LogP contribution in [0.5, 0.6) is 0 Å². The van der Waals surface area contributed by atoms with E-state index in [1.54, 1.807) is 0 Å². The Hall–Kier alpha value is -1.51. The van der Waals surface area contributed by atoms with Crippen molar-refractivity contribution in [3.8, 4) is 0 Å². The van der Waals surface area contributed by atoms with E-state index in [1.165, 1.54) is 43.2 Å². The highest BCUT2D eigenvalue weighted by atomic mass is 16.6. The minimum absolute atomic E-state index is 0.0942. The van der Waals surface area contributed by atoms with E-state index in [2.05, 4.69) is 31.2 Å². The van der Waals surface area contributed by atoms with E-state index in [0.29, 0.717) is 0 Å². The molecule has 3 fully saturated rings. The fourth-order valence-corrected chi connectivity index (χ4v) is 4.25. The normalized spacial score (nSPS) is 25.3. The number of amides is 1. The van der Waals surface area contributed by atoms with Crippen LogP contribution in [0.1, 0.15) is 81.4 Å². The third kappa shape index (κ3) is 2.98. The summed E-state index contributed by atoms with van der Waals surface area (Å²) in [4.78, 5) is 14.5. The lowest BCUT2D eigenvalue weighted by Gasteiger charge is -2.45. The topological polar surface area (TPSA) is 29.5 Å². The summed E-state index contributed by atoms with van der Waals surface area (Å²) < 4.78 is 5.93. The molecule has 3 aliphatic rings. The first-order valence-corrected chi connectivity index (χ1v) is 9.26. The Labute approximate surface area is 139 Å². The summed E-state index contributed by atoms with van der Waals surface area (Å²) >= 11 is 0. The highest BCUT2D eigenvalue weighted by molar-refractivity contribution is 5.69. The number of carbonyl (C=O) groups is 1. The van der Waals surface area contributed by atoms with E-state index in [4.69, 9.17) is 4.74 Å². The predicted molar refractivity (Wildman–Crippen MR) is 90.5 cm³/mol. The lowest BCUT2D eigenvalue weighted by Crippen LogP contribution is -2.51. The Bertz CT molecular complexity index is 570. The molecular weight excluding hydrogens is 286 g/mol. The molecule has 23 heavy (non-hydrogen) atoms. The molecule has 0 aromatic heterocycles. The molecule has 2 saturated carbocycles. The van der Waals surface area contributed by atoms with Crippen LogP contribution in [-0.2, 0) is 4.74 Å². The molecule has 3 heteroatoms. The monoisotopic (exact) mass is 313 g/mol. The van der Waals surface area contributed by atoms with E-state index in [-0.39, 0.29) is 17.7 Å². The molecular formula is C20H27NO2. The van der Waals surface area contributed by atoms with Crippen molar-refractivity contribution >= 4 is 6.09 Å². The van der Waals surface area contributed by atoms with Gasteiger partial charge in [-0.15, -0.1) is 0 Å². The number of hydrogen-bond acceptors (Lipinski definition) is 2. The van der Waals surface area contributed by atoms with Gasteiger partial charge in [0.1, 0.15) is 5.60 Å². The summed E-state index contributed by atoms with van der Waals surface area (Å²) in [6.45, 7) is 2.94. The van der Waals surface area contributed by atoms with E-state index in [1.807, 2.05) is 4.90 Å². The van der Waals surface area contributed by atoms with Crippen LogP contribution >= 0.6 is 0 Å². The van der Waals surface area contributed by atoms with Crippen LogP contribution in [0.25, 0.3) is 0 Å². The van der Waals surface area contributed by atoms with Crippen molar-refractivity contribution in [2.24, 2.45) is 0 Å². The Kier molecular flexibility index (Phi) is 3.82. The van der Waals surface area contributed by atoms with Crippen molar-refractivity contribution in [1.82, 2.24) is 4.90 Å². The van der Waals surface area contributed by atoms with Crippen LogP contribution in [0.15, 0.2) is 24.3 Å². The van der Waals surface area contributed by atoms with Gasteiger partial charge in [-0.2, -0.15) is 0 Å². The van der Waals surface area contributed by atoms with Crippen molar-refractivity contribution in [3.63, 3.8) is 0 Å². The largest absolute Gasteiger partial charge is 0.443 e. The Morgan fingerprint density at radius 1 is 1.09 bits per heavy atom. The molecule has 1 aromatic rings. The zero-order valence-electron chi connectivity index (χ0n) is 14.1. The van der Waals surface area contributed by atoms with Gasteiger partial charge in [-0.25, -0.2) is 4.79 Å². The number of hydrogen-bond donors (Lipinski definition) is 0. The molecule has 1 heterocycles. The van der Waals surface area contributed by atoms with Crippen LogP contribution in [0.3, 0.4) is 0 Å². The first kappa shape index (κ1) is 15.0. The van der Waals surface area contributed by atoms with Gasteiger partial charge in [0, 0.05) is 13.0 Å². The number of carbonyl (C=O) groups excluding carboxylic acids is 1. The average molecular weight is 313 g/mol. The van der Waals surface area contributed by atoms with Crippen molar-refractivity contribution in [2.75, 3.05) is 6.54 Å². The predicted octanol–water partition coefficient (Wildman–Crippen LogP) is 5.17. The maximum absolute atomic E-state index is 12.6. The smallest absolute Gasteiger partial charge is 0.410 e. The summed E-state index contributed by atoms with van der Waals surface area (Å²) in [7, 11) is 0. The van der Waals surface area contributed by atoms with Gasteiger partial charge in [0.2, 0.25) is 0 Å². The summed E-state index contributed by atoms with van der Waals surface area (Å²) in [5.41, 5.74) is 2.51. The minimum atomic E-state index is -0.151. The number of nitrogens with zero attached hydrogens (tertiary/aromatic N) is 1. The van der Waals surface area contributed by atoms with Gasteiger partial charge in [0.05, 0.1) is 6.04 Å². The number of rotatable bonds is 3. The third-order valence-corrected chi connectivity index (χ3v) is 6.05. The van der Waals surface area contributed by atoms with Crippen LogP contribution < -0.4 is 0 Å². The van der Waals surface area contributed by atoms with Crippen LogP contribution in [0, 0.1) is 0 Å². The Morgan fingerprint density at radius 3 is 2.39 bits per heavy atom. The SMILES string of the molecule is CC(c1ccc(C2CC2)cc1)N1CCC2(CCCCC2)OC1=O. The molecule has 1 spiro atoms. The van der Waals surface area contributed by atoms with Crippen LogP contribution in [-0.4, -0.2) is 23.1 Å². The minimum Gasteiger partial charge on any atom is -0.443 e. The third-order valence-electron chi connectivity index (χ3n) is 6.05. The van der Waals surface area contributed by atoms with Gasteiger partial charge in [0.25, 0.3) is 0 Å². The molecule has 2 aliphatic carbocycles. The van der Waals surface area contributed by atoms with Gasteiger partial charge >= 0.3 is 6.09 Å². The Balaban J connectivity index is 1.44. The first-order chi connectivity index (χ1) is 11.2. The lowest BCUT2D eigenvalue weighted by molar-refractivity contribution is -0.0751. The second-order valence-electron chi connectivity index (χ2n) is 7.67. The maximum atomic E-state index is 12.6. The first-order valence-electron chi connectivity index (χ1n) is 9.26. The summed E-state index contributed by atoms with van der Waals surface area (Å²) in [6.07, 6.45) is 9.32. The summed E-state index contributed by atoms with van der Waals surface area (Å²) in [6, 6.07) is 8.95. The maximum Gasteiger partial charge on any atom is 0.410 e. The van der Waals surface area contributed by atoms with E-state index in [9.17, 15) is 4.79 Å². The van der Waals surface area contributed by atoms with Crippen LogP contribution in [0.2, 0.25) is 0 Å². The molecule has 0 bridgehead atoms. The van der Waals surface area contributed by atoms with Gasteiger partial charge in [-0.3, -0.25) is 0 Å². The fraction of sp³-hybridized carbons (Fsp3) is 0.650. The fourth-order valence-electron chi connectivity index (χ4n) is 4.25. The van der Waals surface area contributed by atoms with Gasteiger partial charge in [0.15, 0.2) is 0 Å². The molecule has 3 nitrogen and oxygen atoms in total. The molecule has 1 amide bonds. The summed E-state index contributed by atoms with van der Waals surface area (Å²) in [5.74, 6) is 0.783. The highest BCUT2D eigenvalue weighted by Gasteiger charge is 2.42. The second-order valence-corrected chi connectivity index (χ2v) is 7.67. The molecule has 0 N–H and O–H groups in total. The van der Waals surface area contributed by atoms with Crippen molar-refractivity contribution < 1.29 is 9.53 Å². The second kappa shape index (κ2) is 5.85. The number of ether oxygens (including phenoxy) is 1. The highest BCUT2D eigenvalue weighted by Crippen LogP contribution is 2.41. The molecule has 1 atom stereocenters. The van der Waals surface area contributed by atoms with Gasteiger partial charge in [-0.05, 0) is 62.5 Å². The van der Waals surface area contributed by atoms with Gasteiger partial charge < -0.3 is 9.64 Å². The van der Waals surface area contributed by atoms with E-state index < -0.39 is 0 Å². The molecule has 124 valence electrons. The van der Waals surface area contributed by atoms with Crippen molar-refractivity contribution in [2.45, 2.75) is 75.9 Å². The summed E-state index contributed by atoms with van der Waals surface area (Å²) in [5, 5.41) is 0. The Morgan fingerprint density at radius 2 is 1.78 bits per heavy atom. The molecule has 1 unspecified atom stereocenters. The molecule has 1 saturated heterocycles. The molecule has 1 aliphatic heterocycles. The van der Waals surface area contributed by atoms with Crippen molar-refractivity contribution in [1.29, 1.82) is 0 Å². The average Bonchev–Trinajstić information content (AvgIpc) is 3.40. The van der Waals surface area contributed by atoms with Crippen LogP contribution in [0.4, 0.5) is 4.79 Å². The molecule has 0 radical (unpaired) electrons. The number of benzene rings is 1. The zero-order chi connectivity index (χ0) is 15.9. The van der Waals surface area contributed by atoms with E-state index in [0.717, 1.165) is 31.7 Å². The quantitative estimate of drug-likeness (QED) is 0.770. The molecule has 4 rings (SSSR count). The van der Waals surface area contributed by atoms with Gasteiger partial charge in [-0.1, -0.05) is 30.7 Å². The zero-order valence-corrected chi connectivity index (χ0v) is 14.1. The lowest BCUT2D eigenvalue weighted by atomic mass is 9.81. The standard InChI is InChI=1S/C20H27NO2/c1-15(16-5-7-17(8-6-16)18-9-10-18)21-14-13-20(23-19(21)22)11-3-2-4-12-20/h5-8,15,18H,2-4,9-14H2,1H3. The van der Waals surface area contributed by atoms with E-state index >= 15 is 0 Å². The van der Waals surface area contributed by atoms with Crippen molar-refractivity contribution in [3.05, 3.63) is 35.4 Å².